The molecule has 0 saturated carbocycles. The topological polar surface area (TPSA) is 72.1 Å². The Balaban J connectivity index is 2.38. The van der Waals surface area contributed by atoms with Crippen LogP contribution in [0.3, 0.4) is 0 Å². The Morgan fingerprint density at radius 3 is 3.23 bits per heavy atom. The van der Waals surface area contributed by atoms with Crippen LogP contribution in [0.25, 0.3) is 6.08 Å². The number of nitrogens with zero attached hydrogens (tertiary/aromatic N) is 1. The van der Waals surface area contributed by atoms with Crippen molar-refractivity contribution < 1.29 is 9.34 Å². The van der Waals surface area contributed by atoms with Crippen LogP contribution in [-0.4, -0.2) is 15.9 Å². The van der Waals surface area contributed by atoms with Crippen molar-refractivity contribution in [3.63, 3.8) is 0 Å². The highest BCUT2D eigenvalue weighted by atomic mass is 32.1. The molecule has 2 rings (SSSR count). The van der Waals surface area contributed by atoms with E-state index in [2.05, 4.69) is 4.98 Å². The van der Waals surface area contributed by atoms with E-state index in [0.717, 1.165) is 0 Å². The van der Waals surface area contributed by atoms with Crippen molar-refractivity contribution in [2.75, 3.05) is 0 Å². The van der Waals surface area contributed by atoms with Crippen molar-refractivity contribution in [3.05, 3.63) is 32.5 Å². The summed E-state index contributed by atoms with van der Waals surface area (Å²) < 4.78 is 5.08. The number of nitrogens with one attached hydrogen (secondary N) is 1. The van der Waals surface area contributed by atoms with Crippen LogP contribution in [0.5, 0.6) is 0 Å². The van der Waals surface area contributed by atoms with Crippen LogP contribution in [0, 0.1) is 15.0 Å². The SMILES string of the molecule is O=[N+]([O-])C1C=Cc2oc(=S)[nH]c2C1. The zero-order valence-electron chi connectivity index (χ0n) is 6.52. The summed E-state index contributed by atoms with van der Waals surface area (Å²) in [5.74, 6) is 0.600. The second-order valence-electron chi connectivity index (χ2n) is 2.77. The van der Waals surface area contributed by atoms with Gasteiger partial charge in [-0.05, 0) is 24.4 Å². The molecule has 1 atom stereocenters. The smallest absolute Gasteiger partial charge is 0.266 e. The Morgan fingerprint density at radius 2 is 2.54 bits per heavy atom. The Labute approximate surface area is 78.2 Å². The van der Waals surface area contributed by atoms with Gasteiger partial charge < -0.3 is 9.40 Å². The lowest BCUT2D eigenvalue weighted by atomic mass is 10.1. The quantitative estimate of drug-likeness (QED) is 0.422. The maximum atomic E-state index is 10.5. The van der Waals surface area contributed by atoms with E-state index in [1.54, 1.807) is 6.08 Å². The molecule has 0 bridgehead atoms. The van der Waals surface area contributed by atoms with E-state index in [1.165, 1.54) is 6.08 Å². The average molecular weight is 198 g/mol. The number of nitro groups is 1. The van der Waals surface area contributed by atoms with E-state index >= 15 is 0 Å². The molecule has 1 heterocycles. The molecular weight excluding hydrogens is 192 g/mol. The zero-order valence-corrected chi connectivity index (χ0v) is 7.34. The monoisotopic (exact) mass is 198 g/mol. The normalized spacial score (nSPS) is 19.8. The first-order valence-corrected chi connectivity index (χ1v) is 4.11. The van der Waals surface area contributed by atoms with Gasteiger partial charge in [0.05, 0.1) is 12.1 Å². The lowest BCUT2D eigenvalue weighted by molar-refractivity contribution is -0.509. The summed E-state index contributed by atoms with van der Waals surface area (Å²) in [5, 5.41) is 10.5. The van der Waals surface area contributed by atoms with Crippen molar-refractivity contribution in [1.82, 2.24) is 4.98 Å². The van der Waals surface area contributed by atoms with Gasteiger partial charge in [-0.15, -0.1) is 0 Å². The molecule has 0 radical (unpaired) electrons. The van der Waals surface area contributed by atoms with E-state index in [9.17, 15) is 10.1 Å². The molecule has 0 aliphatic heterocycles. The number of aromatic nitrogens is 1. The maximum Gasteiger partial charge on any atom is 0.266 e. The predicted molar refractivity (Wildman–Crippen MR) is 47.4 cm³/mol. The highest BCUT2D eigenvalue weighted by Gasteiger charge is 2.24. The molecule has 0 aromatic carbocycles. The van der Waals surface area contributed by atoms with Gasteiger partial charge in [-0.2, -0.15) is 0 Å². The lowest BCUT2D eigenvalue weighted by Crippen LogP contribution is -2.21. The summed E-state index contributed by atoms with van der Waals surface area (Å²) in [4.78, 5) is 13.2. The Kier molecular flexibility index (Phi) is 1.77. The minimum atomic E-state index is -0.671. The molecule has 1 aliphatic carbocycles. The first-order chi connectivity index (χ1) is 6.16. The Bertz CT molecular complexity index is 431. The van der Waals surface area contributed by atoms with E-state index in [-0.39, 0.29) is 9.76 Å². The number of H-pyrrole nitrogens is 1. The van der Waals surface area contributed by atoms with Gasteiger partial charge in [0.15, 0.2) is 0 Å². The lowest BCUT2D eigenvalue weighted by Gasteiger charge is -2.07. The van der Waals surface area contributed by atoms with Gasteiger partial charge in [0.25, 0.3) is 4.84 Å². The van der Waals surface area contributed by atoms with E-state index < -0.39 is 6.04 Å². The molecule has 0 amide bonds. The summed E-state index contributed by atoms with van der Waals surface area (Å²) in [6.07, 6.45) is 3.41. The van der Waals surface area contributed by atoms with Crippen molar-refractivity contribution in [1.29, 1.82) is 0 Å². The van der Waals surface area contributed by atoms with Crippen LogP contribution in [-0.2, 0) is 6.42 Å². The third kappa shape index (κ3) is 1.40. The second kappa shape index (κ2) is 2.81. The number of hydrogen-bond acceptors (Lipinski definition) is 4. The van der Waals surface area contributed by atoms with Gasteiger partial charge in [0, 0.05) is 4.92 Å². The molecular formula is C7H6N2O3S. The second-order valence-corrected chi connectivity index (χ2v) is 3.14. The number of oxazole rings is 1. The van der Waals surface area contributed by atoms with Crippen molar-refractivity contribution >= 4 is 18.3 Å². The number of hydrogen-bond donors (Lipinski definition) is 1. The molecule has 0 spiro atoms. The zero-order chi connectivity index (χ0) is 9.42. The fourth-order valence-corrected chi connectivity index (χ4v) is 1.49. The summed E-state index contributed by atoms with van der Waals surface area (Å²) in [6.45, 7) is 0. The highest BCUT2D eigenvalue weighted by Crippen LogP contribution is 2.19. The van der Waals surface area contributed by atoms with Crippen LogP contribution in [0.4, 0.5) is 0 Å². The number of fused-ring (bicyclic) bond motifs is 1. The average Bonchev–Trinajstić information content (AvgIpc) is 2.42. The Hall–Kier alpha value is -1.43. The highest BCUT2D eigenvalue weighted by molar-refractivity contribution is 7.71. The predicted octanol–water partition coefficient (Wildman–Crippen LogP) is 1.55. The Morgan fingerprint density at radius 1 is 1.77 bits per heavy atom. The molecule has 1 aliphatic rings. The molecule has 6 heteroatoms. The van der Waals surface area contributed by atoms with Gasteiger partial charge in [0.1, 0.15) is 5.76 Å². The van der Waals surface area contributed by atoms with Crippen molar-refractivity contribution in [3.8, 4) is 0 Å². The van der Waals surface area contributed by atoms with Gasteiger partial charge >= 0.3 is 0 Å². The minimum Gasteiger partial charge on any atom is -0.430 e. The molecule has 1 N–H and O–H groups in total. The third-order valence-corrected chi connectivity index (χ3v) is 2.09. The molecule has 5 nitrogen and oxygen atoms in total. The van der Waals surface area contributed by atoms with E-state index in [4.69, 9.17) is 16.6 Å². The third-order valence-electron chi connectivity index (χ3n) is 1.91. The summed E-state index contributed by atoms with van der Waals surface area (Å²) in [6, 6.07) is -0.671. The van der Waals surface area contributed by atoms with Crippen LogP contribution in [0.1, 0.15) is 11.5 Å². The van der Waals surface area contributed by atoms with Gasteiger partial charge in [-0.25, -0.2) is 0 Å². The van der Waals surface area contributed by atoms with Crippen LogP contribution >= 0.6 is 12.2 Å². The van der Waals surface area contributed by atoms with Gasteiger partial charge in [-0.1, -0.05) is 0 Å². The first-order valence-electron chi connectivity index (χ1n) is 3.70. The van der Waals surface area contributed by atoms with Gasteiger partial charge in [-0.3, -0.25) is 10.1 Å². The summed E-state index contributed by atoms with van der Waals surface area (Å²) in [7, 11) is 0. The standard InChI is InChI=1S/C7H6N2O3S/c10-9(11)4-1-2-6-5(3-4)8-7(13)12-6/h1-2,4H,3H2,(H,8,13). The number of aromatic amines is 1. The number of rotatable bonds is 1. The van der Waals surface area contributed by atoms with Crippen LogP contribution in [0.15, 0.2) is 10.5 Å². The molecule has 0 saturated heterocycles. The summed E-state index contributed by atoms with van der Waals surface area (Å²) in [5.41, 5.74) is 0.703. The fraction of sp³-hybridized carbons (Fsp3) is 0.286. The van der Waals surface area contributed by atoms with Gasteiger partial charge in [0.2, 0.25) is 6.04 Å². The van der Waals surface area contributed by atoms with Crippen LogP contribution in [0.2, 0.25) is 0 Å². The molecule has 0 fully saturated rings. The molecule has 13 heavy (non-hydrogen) atoms. The largest absolute Gasteiger partial charge is 0.430 e. The van der Waals surface area contributed by atoms with E-state index in [0.29, 0.717) is 17.9 Å². The summed E-state index contributed by atoms with van der Waals surface area (Å²) >= 11 is 4.76. The maximum absolute atomic E-state index is 10.5. The molecule has 68 valence electrons. The molecule has 1 unspecified atom stereocenters. The van der Waals surface area contributed by atoms with Crippen molar-refractivity contribution in [2.45, 2.75) is 12.5 Å². The fourth-order valence-electron chi connectivity index (χ4n) is 1.28. The van der Waals surface area contributed by atoms with Crippen LogP contribution < -0.4 is 0 Å². The van der Waals surface area contributed by atoms with E-state index in [1.807, 2.05) is 0 Å². The minimum absolute atomic E-state index is 0.263. The molecule has 1 aromatic heterocycles. The molecule has 1 aromatic rings. The van der Waals surface area contributed by atoms with Crippen molar-refractivity contribution in [2.24, 2.45) is 0 Å². The first kappa shape index (κ1) is 8.18.